The maximum atomic E-state index is 11.0. The topological polar surface area (TPSA) is 127 Å². The molecule has 0 bridgehead atoms. The van der Waals surface area contributed by atoms with E-state index in [4.69, 9.17) is 19.6 Å². The molecule has 14 heavy (non-hydrogen) atoms. The van der Waals surface area contributed by atoms with Crippen LogP contribution in [-0.4, -0.2) is 31.1 Å². The van der Waals surface area contributed by atoms with Gasteiger partial charge < -0.3 is 19.6 Å². The van der Waals surface area contributed by atoms with Crippen molar-refractivity contribution in [3.05, 3.63) is 12.2 Å². The van der Waals surface area contributed by atoms with Crippen LogP contribution in [0.4, 0.5) is 0 Å². The van der Waals surface area contributed by atoms with Crippen molar-refractivity contribution in [1.82, 2.24) is 5.32 Å². The molecular formula is C5H11NO6P2. The third kappa shape index (κ3) is 1.85. The minimum Gasteiger partial charge on any atom is -0.322 e. The molecule has 0 fully saturated rings. The van der Waals surface area contributed by atoms with Gasteiger partial charge in [-0.2, -0.15) is 0 Å². The zero-order valence-corrected chi connectivity index (χ0v) is 8.86. The van der Waals surface area contributed by atoms with Crippen LogP contribution in [0.1, 0.15) is 6.42 Å². The Bertz CT molecular complexity index is 318. The lowest BCUT2D eigenvalue weighted by atomic mass is 10.3. The van der Waals surface area contributed by atoms with Crippen LogP contribution in [-0.2, 0) is 9.13 Å². The summed E-state index contributed by atoms with van der Waals surface area (Å²) in [5, 5.41) is -0.344. The van der Waals surface area contributed by atoms with Crippen LogP contribution in [0.2, 0.25) is 0 Å². The summed E-state index contributed by atoms with van der Waals surface area (Å²) in [6, 6.07) is 0. The predicted octanol–water partition coefficient (Wildman–Crippen LogP) is -0.455. The van der Waals surface area contributed by atoms with Crippen LogP contribution in [0, 0.1) is 0 Å². The Kier molecular flexibility index (Phi) is 3.05. The molecule has 9 heteroatoms. The number of nitrogens with one attached hydrogen (secondary N) is 1. The second-order valence-electron chi connectivity index (χ2n) is 2.93. The summed E-state index contributed by atoms with van der Waals surface area (Å²) in [7, 11) is -9.91. The molecule has 0 amide bonds. The molecule has 82 valence electrons. The third-order valence-electron chi connectivity index (χ3n) is 1.93. The predicted molar refractivity (Wildman–Crippen MR) is 48.6 cm³/mol. The van der Waals surface area contributed by atoms with Crippen molar-refractivity contribution in [3.8, 4) is 0 Å². The van der Waals surface area contributed by atoms with Crippen molar-refractivity contribution in [1.29, 1.82) is 0 Å². The molecule has 0 unspecified atom stereocenters. The minimum absolute atomic E-state index is 0.118. The third-order valence-corrected chi connectivity index (χ3v) is 5.89. The quantitative estimate of drug-likeness (QED) is 0.328. The van der Waals surface area contributed by atoms with Crippen molar-refractivity contribution in [3.63, 3.8) is 0 Å². The van der Waals surface area contributed by atoms with Gasteiger partial charge in [0.15, 0.2) is 0 Å². The zero-order valence-electron chi connectivity index (χ0n) is 7.07. The number of hydrogen-bond acceptors (Lipinski definition) is 3. The first kappa shape index (κ1) is 12.1. The maximum absolute atomic E-state index is 11.0. The largest absolute Gasteiger partial charge is 0.361 e. The highest BCUT2D eigenvalue weighted by Crippen LogP contribution is 2.68. The van der Waals surface area contributed by atoms with Crippen LogP contribution in [0.15, 0.2) is 12.2 Å². The maximum Gasteiger partial charge on any atom is 0.361 e. The van der Waals surface area contributed by atoms with Crippen LogP contribution >= 0.6 is 15.2 Å². The molecule has 0 radical (unpaired) electrons. The monoisotopic (exact) mass is 243 g/mol. The van der Waals surface area contributed by atoms with Gasteiger partial charge in [0, 0.05) is 6.54 Å². The first-order valence-electron chi connectivity index (χ1n) is 3.75. The highest BCUT2D eigenvalue weighted by molar-refractivity contribution is 7.72. The van der Waals surface area contributed by atoms with Gasteiger partial charge in [-0.15, -0.1) is 0 Å². The highest BCUT2D eigenvalue weighted by atomic mass is 31.2. The van der Waals surface area contributed by atoms with Crippen LogP contribution < -0.4 is 5.32 Å². The van der Waals surface area contributed by atoms with E-state index in [0.717, 1.165) is 6.08 Å². The van der Waals surface area contributed by atoms with Crippen molar-refractivity contribution >= 4 is 15.2 Å². The second-order valence-corrected chi connectivity index (χ2v) is 6.87. The molecule has 0 aromatic carbocycles. The first-order valence-corrected chi connectivity index (χ1v) is 6.97. The lowest BCUT2D eigenvalue weighted by Gasteiger charge is -2.34. The van der Waals surface area contributed by atoms with Gasteiger partial charge in [-0.1, -0.05) is 6.08 Å². The van der Waals surface area contributed by atoms with E-state index in [1.807, 2.05) is 0 Å². The van der Waals surface area contributed by atoms with E-state index in [-0.39, 0.29) is 6.54 Å². The molecule has 5 N–H and O–H groups in total. The van der Waals surface area contributed by atoms with Gasteiger partial charge in [0.05, 0.1) is 0 Å². The second kappa shape index (κ2) is 3.54. The summed E-state index contributed by atoms with van der Waals surface area (Å²) in [6.07, 6.45) is 2.68. The van der Waals surface area contributed by atoms with E-state index < -0.39 is 20.2 Å². The van der Waals surface area contributed by atoms with E-state index in [1.165, 1.54) is 6.08 Å². The summed E-state index contributed by atoms with van der Waals surface area (Å²) in [5.41, 5.74) is 0. The van der Waals surface area contributed by atoms with Crippen molar-refractivity contribution in [2.75, 3.05) is 6.54 Å². The lowest BCUT2D eigenvalue weighted by Crippen LogP contribution is -2.45. The molecule has 0 spiro atoms. The van der Waals surface area contributed by atoms with Crippen molar-refractivity contribution < 1.29 is 28.7 Å². The van der Waals surface area contributed by atoms with Crippen LogP contribution in [0.5, 0.6) is 0 Å². The molecule has 7 nitrogen and oxygen atoms in total. The molecule has 0 saturated carbocycles. The standard InChI is InChI=1S/C5H11NO6P2/c7-13(8,9)5(14(10,11)12)3-1-2-4-6-5/h1,3,6H,2,4H2,(H2,7,8,9)(H2,10,11,12). The average molecular weight is 243 g/mol. The smallest absolute Gasteiger partial charge is 0.322 e. The SMILES string of the molecule is O=P(O)(O)C1(P(=O)(O)O)C=CCCN1. The van der Waals surface area contributed by atoms with E-state index in [2.05, 4.69) is 5.32 Å². The summed E-state index contributed by atoms with van der Waals surface area (Å²) in [6.45, 7) is 0.118. The Morgan fingerprint density at radius 3 is 1.86 bits per heavy atom. The molecular weight excluding hydrogens is 232 g/mol. The van der Waals surface area contributed by atoms with Crippen LogP contribution in [0.25, 0.3) is 0 Å². The molecule has 0 atom stereocenters. The number of rotatable bonds is 2. The van der Waals surface area contributed by atoms with E-state index >= 15 is 0 Å². The molecule has 0 aromatic heterocycles. The molecule has 1 aliphatic heterocycles. The molecule has 1 aliphatic rings. The van der Waals surface area contributed by atoms with Gasteiger partial charge in [0.2, 0.25) is 5.02 Å². The Balaban J connectivity index is 3.30. The summed E-state index contributed by atoms with van der Waals surface area (Å²) >= 11 is 0. The molecule has 0 aromatic rings. The molecule has 1 rings (SSSR count). The van der Waals surface area contributed by atoms with Crippen molar-refractivity contribution in [2.45, 2.75) is 11.4 Å². The fraction of sp³-hybridized carbons (Fsp3) is 0.600. The molecule has 1 heterocycles. The summed E-state index contributed by atoms with van der Waals surface area (Å²) in [4.78, 5) is 35.7. The Hall–Kier alpha value is -0.0000000000000000208. The number of hydrogen-bond donors (Lipinski definition) is 5. The minimum atomic E-state index is -4.95. The lowest BCUT2D eigenvalue weighted by molar-refractivity contribution is 0.304. The van der Waals surface area contributed by atoms with Gasteiger partial charge in [-0.3, -0.25) is 14.4 Å². The Morgan fingerprint density at radius 2 is 1.64 bits per heavy atom. The first-order chi connectivity index (χ1) is 6.21. The molecule has 0 aliphatic carbocycles. The van der Waals surface area contributed by atoms with E-state index in [0.29, 0.717) is 6.42 Å². The van der Waals surface area contributed by atoms with Gasteiger partial charge in [0.25, 0.3) is 0 Å². The van der Waals surface area contributed by atoms with E-state index in [1.54, 1.807) is 0 Å². The summed E-state index contributed by atoms with van der Waals surface area (Å²) in [5.74, 6) is 0. The summed E-state index contributed by atoms with van der Waals surface area (Å²) < 4.78 is 22.1. The normalized spacial score (nSPS) is 22.3. The van der Waals surface area contributed by atoms with Gasteiger partial charge >= 0.3 is 15.2 Å². The zero-order chi connectivity index (χ0) is 11.0. The Morgan fingerprint density at radius 1 is 1.14 bits per heavy atom. The van der Waals surface area contributed by atoms with E-state index in [9.17, 15) is 9.13 Å². The van der Waals surface area contributed by atoms with Gasteiger partial charge in [-0.25, -0.2) is 0 Å². The molecule has 0 saturated heterocycles. The Labute approximate surface area is 80.2 Å². The van der Waals surface area contributed by atoms with Crippen LogP contribution in [0.3, 0.4) is 0 Å². The fourth-order valence-corrected chi connectivity index (χ4v) is 3.81. The highest BCUT2D eigenvalue weighted by Gasteiger charge is 2.58. The van der Waals surface area contributed by atoms with Crippen molar-refractivity contribution in [2.24, 2.45) is 0 Å². The average Bonchev–Trinajstić information content (AvgIpc) is 2.02. The fourth-order valence-electron chi connectivity index (χ4n) is 1.22. The van der Waals surface area contributed by atoms with Gasteiger partial charge in [0.1, 0.15) is 0 Å². The van der Waals surface area contributed by atoms with Gasteiger partial charge in [-0.05, 0) is 12.5 Å².